The number of halogens is 1. The lowest BCUT2D eigenvalue weighted by atomic mass is 10.0. The van der Waals surface area contributed by atoms with Gasteiger partial charge in [0.1, 0.15) is 11.5 Å². The molecule has 19 heavy (non-hydrogen) atoms. The van der Waals surface area contributed by atoms with E-state index in [1.807, 2.05) is 30.3 Å². The van der Waals surface area contributed by atoms with Crippen LogP contribution in [-0.4, -0.2) is 19.2 Å². The number of hydrogen-bond acceptors (Lipinski definition) is 3. The van der Waals surface area contributed by atoms with E-state index >= 15 is 0 Å². The van der Waals surface area contributed by atoms with E-state index in [9.17, 15) is 0 Å². The third-order valence-corrected chi connectivity index (χ3v) is 3.33. The zero-order valence-corrected chi connectivity index (χ0v) is 11.7. The lowest BCUT2D eigenvalue weighted by molar-refractivity contribution is 0.398. The van der Waals surface area contributed by atoms with Crippen LogP contribution in [0.25, 0.3) is 0 Å². The van der Waals surface area contributed by atoms with E-state index in [1.54, 1.807) is 26.6 Å². The predicted octanol–water partition coefficient (Wildman–Crippen LogP) is 3.62. The zero-order valence-electron chi connectivity index (χ0n) is 11.0. The van der Waals surface area contributed by atoms with Crippen LogP contribution in [0.3, 0.4) is 0 Å². The Morgan fingerprint density at radius 3 is 2.47 bits per heavy atom. The molecule has 100 valence electrons. The van der Waals surface area contributed by atoms with Gasteiger partial charge < -0.3 is 9.47 Å². The molecule has 3 nitrogen and oxygen atoms in total. The summed E-state index contributed by atoms with van der Waals surface area (Å²) in [4.78, 5) is 4.00. The highest BCUT2D eigenvalue weighted by Crippen LogP contribution is 2.34. The number of methoxy groups -OCH3 is 2. The average molecular weight is 278 g/mol. The van der Waals surface area contributed by atoms with Gasteiger partial charge in [0.25, 0.3) is 0 Å². The van der Waals surface area contributed by atoms with Crippen LogP contribution in [0, 0.1) is 0 Å². The second-order valence-corrected chi connectivity index (χ2v) is 4.66. The van der Waals surface area contributed by atoms with Crippen LogP contribution >= 0.6 is 11.6 Å². The summed E-state index contributed by atoms with van der Waals surface area (Å²) in [5.41, 5.74) is 2.07. The van der Waals surface area contributed by atoms with E-state index in [2.05, 4.69) is 4.98 Å². The molecule has 0 N–H and O–H groups in total. The fraction of sp³-hybridized carbons (Fsp3) is 0.267. The van der Waals surface area contributed by atoms with Gasteiger partial charge in [0.15, 0.2) is 0 Å². The summed E-state index contributed by atoms with van der Waals surface area (Å²) in [7, 11) is 3.28. The summed E-state index contributed by atoms with van der Waals surface area (Å²) in [6.45, 7) is 0. The molecule has 1 unspecified atom stereocenters. The van der Waals surface area contributed by atoms with Gasteiger partial charge in [-0.05, 0) is 42.3 Å². The van der Waals surface area contributed by atoms with Crippen molar-refractivity contribution in [3.63, 3.8) is 0 Å². The number of alkyl halides is 1. The maximum Gasteiger partial charge on any atom is 0.123 e. The van der Waals surface area contributed by atoms with Crippen LogP contribution in [0.2, 0.25) is 0 Å². The van der Waals surface area contributed by atoms with Crippen LogP contribution in [0.15, 0.2) is 42.7 Å². The molecular weight excluding hydrogens is 262 g/mol. The van der Waals surface area contributed by atoms with Gasteiger partial charge in [-0.3, -0.25) is 4.98 Å². The Labute approximate surface area is 118 Å². The number of hydrogen-bond donors (Lipinski definition) is 0. The Balaban J connectivity index is 2.24. The minimum absolute atomic E-state index is 0.174. The number of ether oxygens (including phenoxy) is 2. The van der Waals surface area contributed by atoms with Crippen molar-refractivity contribution in [2.75, 3.05) is 14.2 Å². The minimum Gasteiger partial charge on any atom is -0.497 e. The third kappa shape index (κ3) is 3.38. The molecule has 1 atom stereocenters. The van der Waals surface area contributed by atoms with Crippen LogP contribution in [0.1, 0.15) is 16.5 Å². The molecule has 0 saturated carbocycles. The number of rotatable bonds is 5. The first kappa shape index (κ1) is 13.7. The van der Waals surface area contributed by atoms with E-state index in [4.69, 9.17) is 21.1 Å². The lowest BCUT2D eigenvalue weighted by Gasteiger charge is -2.15. The van der Waals surface area contributed by atoms with E-state index < -0.39 is 0 Å². The van der Waals surface area contributed by atoms with Crippen LogP contribution in [0.4, 0.5) is 0 Å². The summed E-state index contributed by atoms with van der Waals surface area (Å²) < 4.78 is 10.6. The SMILES string of the molecule is COc1ccc(OC)c(C(Cl)Cc2ccncc2)c1. The molecule has 4 heteroatoms. The Kier molecular flexibility index (Phi) is 4.63. The van der Waals surface area contributed by atoms with Gasteiger partial charge in [-0.1, -0.05) is 0 Å². The topological polar surface area (TPSA) is 31.4 Å². The van der Waals surface area contributed by atoms with Gasteiger partial charge in [0.05, 0.1) is 19.6 Å². The lowest BCUT2D eigenvalue weighted by Crippen LogP contribution is -2.00. The maximum absolute atomic E-state index is 6.50. The highest BCUT2D eigenvalue weighted by Gasteiger charge is 2.15. The van der Waals surface area contributed by atoms with E-state index in [0.29, 0.717) is 6.42 Å². The fourth-order valence-corrected chi connectivity index (χ4v) is 2.27. The molecule has 0 bridgehead atoms. The van der Waals surface area contributed by atoms with Crippen LogP contribution in [0.5, 0.6) is 11.5 Å². The normalized spacial score (nSPS) is 11.9. The summed E-state index contributed by atoms with van der Waals surface area (Å²) >= 11 is 6.50. The van der Waals surface area contributed by atoms with Crippen molar-refractivity contribution in [3.05, 3.63) is 53.9 Å². The molecule has 0 spiro atoms. The Morgan fingerprint density at radius 1 is 1.11 bits per heavy atom. The number of aromatic nitrogens is 1. The summed E-state index contributed by atoms with van der Waals surface area (Å²) in [5.74, 6) is 1.55. The van der Waals surface area contributed by atoms with E-state index in [-0.39, 0.29) is 5.38 Å². The largest absolute Gasteiger partial charge is 0.497 e. The monoisotopic (exact) mass is 277 g/mol. The molecular formula is C15H16ClNO2. The first-order valence-electron chi connectivity index (χ1n) is 5.99. The van der Waals surface area contributed by atoms with Gasteiger partial charge in [0.2, 0.25) is 0 Å². The standard InChI is InChI=1S/C15H16ClNO2/c1-18-12-3-4-15(19-2)13(10-12)14(16)9-11-5-7-17-8-6-11/h3-8,10,14H,9H2,1-2H3. The average Bonchev–Trinajstić information content (AvgIpc) is 2.47. The molecule has 0 aliphatic rings. The molecule has 0 radical (unpaired) electrons. The first-order valence-corrected chi connectivity index (χ1v) is 6.43. The highest BCUT2D eigenvalue weighted by atomic mass is 35.5. The number of pyridine rings is 1. The summed E-state index contributed by atoms with van der Waals surface area (Å²) in [6, 6.07) is 9.57. The highest BCUT2D eigenvalue weighted by molar-refractivity contribution is 6.21. The molecule has 2 rings (SSSR count). The number of benzene rings is 1. The Bertz CT molecular complexity index is 531. The minimum atomic E-state index is -0.174. The van der Waals surface area contributed by atoms with Gasteiger partial charge >= 0.3 is 0 Å². The van der Waals surface area contributed by atoms with Gasteiger partial charge in [-0.2, -0.15) is 0 Å². The van der Waals surface area contributed by atoms with Crippen molar-refractivity contribution >= 4 is 11.6 Å². The van der Waals surface area contributed by atoms with Gasteiger partial charge in [-0.15, -0.1) is 11.6 Å². The zero-order chi connectivity index (χ0) is 13.7. The summed E-state index contributed by atoms with van der Waals surface area (Å²) in [5, 5.41) is -0.174. The van der Waals surface area contributed by atoms with Crippen LogP contribution in [-0.2, 0) is 6.42 Å². The molecule has 0 aliphatic heterocycles. The van der Waals surface area contributed by atoms with E-state index in [0.717, 1.165) is 22.6 Å². The quantitative estimate of drug-likeness (QED) is 0.782. The van der Waals surface area contributed by atoms with Crippen molar-refractivity contribution < 1.29 is 9.47 Å². The predicted molar refractivity (Wildman–Crippen MR) is 76.1 cm³/mol. The number of nitrogens with zero attached hydrogens (tertiary/aromatic N) is 1. The fourth-order valence-electron chi connectivity index (χ4n) is 1.92. The molecule has 0 amide bonds. The van der Waals surface area contributed by atoms with Crippen molar-refractivity contribution in [3.8, 4) is 11.5 Å². The van der Waals surface area contributed by atoms with Crippen molar-refractivity contribution in [1.29, 1.82) is 0 Å². The molecule has 1 aromatic heterocycles. The third-order valence-electron chi connectivity index (χ3n) is 2.94. The molecule has 1 heterocycles. The van der Waals surface area contributed by atoms with Crippen molar-refractivity contribution in [2.24, 2.45) is 0 Å². The van der Waals surface area contributed by atoms with Crippen molar-refractivity contribution in [2.45, 2.75) is 11.8 Å². The molecule has 2 aromatic rings. The molecule has 0 fully saturated rings. The molecule has 1 aromatic carbocycles. The van der Waals surface area contributed by atoms with E-state index in [1.165, 1.54) is 0 Å². The molecule has 0 aliphatic carbocycles. The molecule has 0 saturated heterocycles. The smallest absolute Gasteiger partial charge is 0.123 e. The summed E-state index contributed by atoms with van der Waals surface area (Å²) in [6.07, 6.45) is 4.25. The maximum atomic E-state index is 6.50. The second-order valence-electron chi connectivity index (χ2n) is 4.14. The first-order chi connectivity index (χ1) is 9.24. The Hall–Kier alpha value is -1.74. The second kappa shape index (κ2) is 6.43. The Morgan fingerprint density at radius 2 is 1.84 bits per heavy atom. The van der Waals surface area contributed by atoms with Gasteiger partial charge in [0, 0.05) is 18.0 Å². The van der Waals surface area contributed by atoms with Crippen molar-refractivity contribution in [1.82, 2.24) is 4.98 Å². The van der Waals surface area contributed by atoms with Crippen LogP contribution < -0.4 is 9.47 Å². The van der Waals surface area contributed by atoms with Gasteiger partial charge in [-0.25, -0.2) is 0 Å².